The van der Waals surface area contributed by atoms with E-state index in [9.17, 15) is 8.42 Å². The Morgan fingerprint density at radius 2 is 1.83 bits per heavy atom. The van der Waals surface area contributed by atoms with Crippen molar-refractivity contribution in [2.45, 2.75) is 17.9 Å². The standard InChI is InChI=1S/C16H21N3O2S2.HI/c1-17-16(19-11-14-8-10-22-12-14)18-9-7-13-3-5-15(6-4-13)23(2,20)21;/h3-6,8,10,12H,7,9,11H2,1-2H3,(H2,17,18,19);1H. The normalized spacial score (nSPS) is 11.7. The molecule has 0 atom stereocenters. The molecule has 24 heavy (non-hydrogen) atoms. The van der Waals surface area contributed by atoms with Gasteiger partial charge in [-0.05, 0) is 46.5 Å². The van der Waals surface area contributed by atoms with Crippen LogP contribution in [0.2, 0.25) is 0 Å². The summed E-state index contributed by atoms with van der Waals surface area (Å²) in [6.45, 7) is 1.47. The molecule has 132 valence electrons. The fourth-order valence-electron chi connectivity index (χ4n) is 2.03. The van der Waals surface area contributed by atoms with Crippen molar-refractivity contribution in [3.8, 4) is 0 Å². The number of aliphatic imine (C=N–C) groups is 1. The highest BCUT2D eigenvalue weighted by Gasteiger charge is 2.06. The van der Waals surface area contributed by atoms with Gasteiger partial charge in [0.1, 0.15) is 0 Å². The highest BCUT2D eigenvalue weighted by atomic mass is 127. The molecule has 2 aromatic rings. The van der Waals surface area contributed by atoms with Crippen LogP contribution in [0.5, 0.6) is 0 Å². The molecule has 0 spiro atoms. The lowest BCUT2D eigenvalue weighted by molar-refractivity contribution is 0.602. The zero-order chi connectivity index (χ0) is 16.7. The molecule has 5 nitrogen and oxygen atoms in total. The summed E-state index contributed by atoms with van der Waals surface area (Å²) in [7, 11) is -1.39. The molecular formula is C16H22IN3O2S2. The summed E-state index contributed by atoms with van der Waals surface area (Å²) < 4.78 is 22.8. The van der Waals surface area contributed by atoms with Crippen molar-refractivity contribution in [2.75, 3.05) is 19.8 Å². The van der Waals surface area contributed by atoms with Gasteiger partial charge in [0.15, 0.2) is 15.8 Å². The van der Waals surface area contributed by atoms with Gasteiger partial charge in [-0.15, -0.1) is 24.0 Å². The molecule has 0 saturated carbocycles. The van der Waals surface area contributed by atoms with Crippen LogP contribution < -0.4 is 10.6 Å². The van der Waals surface area contributed by atoms with Crippen molar-refractivity contribution in [1.29, 1.82) is 0 Å². The summed E-state index contributed by atoms with van der Waals surface area (Å²) in [6, 6.07) is 9.07. The van der Waals surface area contributed by atoms with Crippen molar-refractivity contribution < 1.29 is 8.42 Å². The van der Waals surface area contributed by atoms with Gasteiger partial charge in [-0.25, -0.2) is 8.42 Å². The molecule has 0 bridgehead atoms. The fourth-order valence-corrected chi connectivity index (χ4v) is 3.33. The van der Waals surface area contributed by atoms with Crippen molar-refractivity contribution in [1.82, 2.24) is 10.6 Å². The van der Waals surface area contributed by atoms with Crippen LogP contribution in [0, 0.1) is 0 Å². The first kappa shape index (κ1) is 20.9. The van der Waals surface area contributed by atoms with E-state index < -0.39 is 9.84 Å². The largest absolute Gasteiger partial charge is 0.356 e. The number of halogens is 1. The van der Waals surface area contributed by atoms with Crippen LogP contribution in [0.3, 0.4) is 0 Å². The maximum absolute atomic E-state index is 11.4. The van der Waals surface area contributed by atoms with Crippen molar-refractivity contribution in [3.63, 3.8) is 0 Å². The van der Waals surface area contributed by atoms with Gasteiger partial charge >= 0.3 is 0 Å². The summed E-state index contributed by atoms with van der Waals surface area (Å²) in [5.41, 5.74) is 2.31. The molecule has 2 rings (SSSR count). The number of nitrogens with zero attached hydrogens (tertiary/aromatic N) is 1. The Balaban J connectivity index is 0.00000288. The van der Waals surface area contributed by atoms with Crippen molar-refractivity contribution in [2.24, 2.45) is 4.99 Å². The van der Waals surface area contributed by atoms with Crippen molar-refractivity contribution in [3.05, 3.63) is 52.2 Å². The maximum Gasteiger partial charge on any atom is 0.191 e. The number of thiophene rings is 1. The topological polar surface area (TPSA) is 70.6 Å². The Labute approximate surface area is 164 Å². The summed E-state index contributed by atoms with van der Waals surface area (Å²) in [5, 5.41) is 10.7. The molecule has 0 unspecified atom stereocenters. The Morgan fingerprint density at radius 1 is 1.12 bits per heavy atom. The molecule has 0 amide bonds. The van der Waals surface area contributed by atoms with Gasteiger partial charge in [0.2, 0.25) is 0 Å². The summed E-state index contributed by atoms with van der Waals surface area (Å²) >= 11 is 1.67. The zero-order valence-corrected chi connectivity index (χ0v) is 17.6. The van der Waals surface area contributed by atoms with Crippen LogP contribution in [-0.4, -0.2) is 34.2 Å². The molecule has 2 N–H and O–H groups in total. The molecule has 0 saturated heterocycles. The third kappa shape index (κ3) is 6.78. The molecule has 0 aliphatic carbocycles. The minimum Gasteiger partial charge on any atom is -0.356 e. The third-order valence-electron chi connectivity index (χ3n) is 3.32. The first-order chi connectivity index (χ1) is 11.0. The summed E-state index contributed by atoms with van der Waals surface area (Å²) in [4.78, 5) is 4.53. The van der Waals surface area contributed by atoms with E-state index in [4.69, 9.17) is 0 Å². The van der Waals surface area contributed by atoms with E-state index in [0.717, 1.165) is 31.0 Å². The molecule has 1 aromatic heterocycles. The van der Waals surface area contributed by atoms with Crippen LogP contribution >= 0.6 is 35.3 Å². The highest BCUT2D eigenvalue weighted by Crippen LogP contribution is 2.10. The van der Waals surface area contributed by atoms with Gasteiger partial charge in [-0.3, -0.25) is 4.99 Å². The van der Waals surface area contributed by atoms with E-state index in [-0.39, 0.29) is 24.0 Å². The lowest BCUT2D eigenvalue weighted by Crippen LogP contribution is -2.37. The van der Waals surface area contributed by atoms with E-state index in [1.165, 1.54) is 11.8 Å². The first-order valence-electron chi connectivity index (χ1n) is 7.23. The second-order valence-electron chi connectivity index (χ2n) is 5.15. The zero-order valence-electron chi connectivity index (χ0n) is 13.7. The molecular weight excluding hydrogens is 457 g/mol. The minimum atomic E-state index is -3.13. The summed E-state index contributed by atoms with van der Waals surface area (Å²) in [5.74, 6) is 0.754. The second kappa shape index (κ2) is 10.00. The monoisotopic (exact) mass is 479 g/mol. The number of sulfone groups is 1. The smallest absolute Gasteiger partial charge is 0.191 e. The van der Waals surface area contributed by atoms with Gasteiger partial charge < -0.3 is 10.6 Å². The number of benzene rings is 1. The van der Waals surface area contributed by atoms with Gasteiger partial charge in [-0.2, -0.15) is 11.3 Å². The van der Waals surface area contributed by atoms with E-state index in [0.29, 0.717) is 4.90 Å². The van der Waals surface area contributed by atoms with E-state index in [2.05, 4.69) is 27.1 Å². The van der Waals surface area contributed by atoms with Gasteiger partial charge in [0, 0.05) is 26.4 Å². The number of rotatable bonds is 6. The molecule has 0 aliphatic rings. The van der Waals surface area contributed by atoms with E-state index in [1.807, 2.05) is 17.5 Å². The Hall–Kier alpha value is -1.13. The van der Waals surface area contributed by atoms with Crippen LogP contribution in [0.25, 0.3) is 0 Å². The second-order valence-corrected chi connectivity index (χ2v) is 7.95. The number of hydrogen-bond acceptors (Lipinski definition) is 4. The van der Waals surface area contributed by atoms with Crippen LogP contribution in [0.15, 0.2) is 51.0 Å². The average Bonchev–Trinajstić information content (AvgIpc) is 3.03. The lowest BCUT2D eigenvalue weighted by atomic mass is 10.1. The third-order valence-corrected chi connectivity index (χ3v) is 5.18. The quantitative estimate of drug-likeness (QED) is 0.380. The van der Waals surface area contributed by atoms with Crippen LogP contribution in [-0.2, 0) is 22.8 Å². The van der Waals surface area contributed by atoms with Gasteiger partial charge in [0.25, 0.3) is 0 Å². The lowest BCUT2D eigenvalue weighted by Gasteiger charge is -2.11. The number of hydrogen-bond donors (Lipinski definition) is 2. The molecule has 1 aromatic carbocycles. The molecule has 1 heterocycles. The molecule has 0 fully saturated rings. The van der Waals surface area contributed by atoms with E-state index in [1.54, 1.807) is 30.5 Å². The fraction of sp³-hybridized carbons (Fsp3) is 0.312. The van der Waals surface area contributed by atoms with Crippen molar-refractivity contribution >= 4 is 51.1 Å². The molecule has 8 heteroatoms. The highest BCUT2D eigenvalue weighted by molar-refractivity contribution is 14.0. The predicted molar refractivity (Wildman–Crippen MR) is 111 cm³/mol. The Kier molecular flexibility index (Phi) is 8.71. The SMILES string of the molecule is CN=C(NCCc1ccc(S(C)(=O)=O)cc1)NCc1ccsc1.I. The van der Waals surface area contributed by atoms with Crippen LogP contribution in [0.4, 0.5) is 0 Å². The Morgan fingerprint density at radius 3 is 2.38 bits per heavy atom. The maximum atomic E-state index is 11.4. The molecule has 0 aliphatic heterocycles. The van der Waals surface area contributed by atoms with Gasteiger partial charge in [0.05, 0.1) is 4.90 Å². The summed E-state index contributed by atoms with van der Waals surface area (Å²) in [6.07, 6.45) is 2.01. The molecule has 0 radical (unpaired) electrons. The Bertz CT molecular complexity index is 742. The average molecular weight is 479 g/mol. The van der Waals surface area contributed by atoms with Gasteiger partial charge in [-0.1, -0.05) is 12.1 Å². The first-order valence-corrected chi connectivity index (χ1v) is 10.1. The van der Waals surface area contributed by atoms with E-state index >= 15 is 0 Å². The number of guanidine groups is 1. The predicted octanol–water partition coefficient (Wildman–Crippen LogP) is 2.68. The number of nitrogens with one attached hydrogen (secondary N) is 2. The van der Waals surface area contributed by atoms with Crippen LogP contribution in [0.1, 0.15) is 11.1 Å². The minimum absolute atomic E-state index is 0.